The Labute approximate surface area is 246 Å². The summed E-state index contributed by atoms with van der Waals surface area (Å²) in [6.07, 6.45) is 1.86. The largest absolute Gasteiger partial charge is 0.390 e. The van der Waals surface area contributed by atoms with Crippen LogP contribution in [0, 0.1) is 0 Å². The summed E-state index contributed by atoms with van der Waals surface area (Å²) in [4.78, 5) is 27.2. The SMILES string of the molecule is C=CCCS(=O)(=O)NC[C@@H](O)CNc1ccc(NC[C@@H](O)CN(CC=C)S(C)(=O)=O)c2c1C(=O)c1ccccc1C2=O. The summed E-state index contributed by atoms with van der Waals surface area (Å²) in [6.45, 7) is 6.29. The van der Waals surface area contributed by atoms with E-state index in [9.17, 15) is 36.6 Å². The summed E-state index contributed by atoms with van der Waals surface area (Å²) in [6, 6.07) is 9.43. The Morgan fingerprint density at radius 2 is 1.36 bits per heavy atom. The number of nitrogens with one attached hydrogen (secondary N) is 3. The van der Waals surface area contributed by atoms with Gasteiger partial charge in [0.25, 0.3) is 0 Å². The Balaban J connectivity index is 1.84. The third-order valence-electron chi connectivity index (χ3n) is 6.48. The second-order valence-electron chi connectivity index (χ2n) is 9.80. The fourth-order valence-electron chi connectivity index (χ4n) is 4.37. The van der Waals surface area contributed by atoms with Crippen LogP contribution >= 0.6 is 0 Å². The predicted molar refractivity (Wildman–Crippen MR) is 162 cm³/mol. The average Bonchev–Trinajstić information content (AvgIpc) is 2.94. The van der Waals surface area contributed by atoms with Crippen molar-refractivity contribution in [2.75, 3.05) is 55.4 Å². The maximum Gasteiger partial charge on any atom is 0.211 e. The fraction of sp³-hybridized carbons (Fsp3) is 0.357. The molecule has 12 nitrogen and oxygen atoms in total. The van der Waals surface area contributed by atoms with Crippen molar-refractivity contribution in [1.29, 1.82) is 0 Å². The molecular weight excluding hydrogens is 584 g/mol. The second-order valence-corrected chi connectivity index (χ2v) is 13.7. The van der Waals surface area contributed by atoms with E-state index in [1.54, 1.807) is 24.3 Å². The molecule has 0 saturated carbocycles. The first kappa shape index (κ1) is 33.1. The maximum absolute atomic E-state index is 13.6. The van der Waals surface area contributed by atoms with Crippen LogP contribution in [-0.2, 0) is 20.0 Å². The van der Waals surface area contributed by atoms with Crippen LogP contribution in [0.4, 0.5) is 11.4 Å². The quantitative estimate of drug-likeness (QED) is 0.136. The number of carbonyl (C=O) groups is 2. The zero-order valence-electron chi connectivity index (χ0n) is 23.2. The topological polar surface area (TPSA) is 182 Å². The Morgan fingerprint density at radius 3 is 1.83 bits per heavy atom. The molecule has 0 fully saturated rings. The summed E-state index contributed by atoms with van der Waals surface area (Å²) in [7, 11) is -7.20. The van der Waals surface area contributed by atoms with Crippen molar-refractivity contribution in [1.82, 2.24) is 9.03 Å². The lowest BCUT2D eigenvalue weighted by molar-refractivity contribution is 0.0980. The van der Waals surface area contributed by atoms with E-state index >= 15 is 0 Å². The molecule has 2 aromatic carbocycles. The second kappa shape index (κ2) is 14.2. The van der Waals surface area contributed by atoms with Gasteiger partial charge < -0.3 is 20.8 Å². The molecule has 228 valence electrons. The minimum Gasteiger partial charge on any atom is -0.390 e. The maximum atomic E-state index is 13.6. The molecule has 14 heteroatoms. The van der Waals surface area contributed by atoms with Crippen LogP contribution in [0.15, 0.2) is 61.7 Å². The number of benzene rings is 2. The zero-order valence-corrected chi connectivity index (χ0v) is 24.9. The van der Waals surface area contributed by atoms with Gasteiger partial charge in [0.1, 0.15) is 0 Å². The third-order valence-corrected chi connectivity index (χ3v) is 9.09. The van der Waals surface area contributed by atoms with Crippen molar-refractivity contribution in [2.24, 2.45) is 0 Å². The lowest BCUT2D eigenvalue weighted by atomic mass is 9.82. The van der Waals surface area contributed by atoms with Crippen molar-refractivity contribution >= 4 is 43.0 Å². The Bertz CT molecular complexity index is 1560. The molecule has 0 aliphatic heterocycles. The molecule has 1 aliphatic rings. The molecule has 0 aromatic heterocycles. The fourth-order valence-corrected chi connectivity index (χ4v) is 6.25. The number of fused-ring (bicyclic) bond motifs is 2. The number of sulfonamides is 2. The standard InChI is InChI=1S/C28H36N4O8S2/c1-4-6-14-42(39,40)31-17-19(33)15-29-23-11-12-24(30-16-20(34)18-32(13-5-2)41(3,37)38)26-25(23)27(35)21-9-7-8-10-22(21)28(26)36/h4-5,7-12,19-20,29-31,33-34H,1-2,6,13-18H2,3H3/t19-,20+/m0/s1. The van der Waals surface area contributed by atoms with Gasteiger partial charge in [-0.15, -0.1) is 13.2 Å². The zero-order chi connectivity index (χ0) is 31.1. The average molecular weight is 621 g/mol. The molecular formula is C28H36N4O8S2. The van der Waals surface area contributed by atoms with Crippen molar-refractivity contribution in [3.63, 3.8) is 0 Å². The van der Waals surface area contributed by atoms with E-state index in [4.69, 9.17) is 0 Å². The molecule has 5 N–H and O–H groups in total. The van der Waals surface area contributed by atoms with E-state index in [2.05, 4.69) is 28.5 Å². The monoisotopic (exact) mass is 620 g/mol. The van der Waals surface area contributed by atoms with Gasteiger partial charge in [-0.05, 0) is 18.6 Å². The van der Waals surface area contributed by atoms with Crippen molar-refractivity contribution in [3.05, 3.63) is 84.0 Å². The number of hydrogen-bond acceptors (Lipinski definition) is 10. The van der Waals surface area contributed by atoms with Gasteiger partial charge in [-0.25, -0.2) is 21.6 Å². The summed E-state index contributed by atoms with van der Waals surface area (Å²) in [5.74, 6) is -1.02. The Morgan fingerprint density at radius 1 is 0.833 bits per heavy atom. The molecule has 3 rings (SSSR count). The van der Waals surface area contributed by atoms with Crippen LogP contribution in [-0.4, -0.2) is 99.9 Å². The Hall–Kier alpha value is -3.40. The number of rotatable bonds is 17. The molecule has 2 atom stereocenters. The molecule has 0 unspecified atom stereocenters. The number of carbonyl (C=O) groups excluding carboxylic acids is 2. The Kier molecular flexibility index (Phi) is 11.2. The van der Waals surface area contributed by atoms with Crippen molar-refractivity contribution in [3.8, 4) is 0 Å². The predicted octanol–water partition coefficient (Wildman–Crippen LogP) is 0.951. The molecule has 0 spiro atoms. The van der Waals surface area contributed by atoms with Crippen LogP contribution in [0.1, 0.15) is 38.3 Å². The molecule has 0 saturated heterocycles. The molecule has 0 bridgehead atoms. The van der Waals surface area contributed by atoms with Gasteiger partial charge in [0.2, 0.25) is 20.0 Å². The highest BCUT2D eigenvalue weighted by atomic mass is 32.2. The van der Waals surface area contributed by atoms with E-state index in [0.29, 0.717) is 0 Å². The van der Waals surface area contributed by atoms with Gasteiger partial charge in [0.05, 0.1) is 35.3 Å². The summed E-state index contributed by atoms with van der Waals surface area (Å²) < 4.78 is 51.4. The van der Waals surface area contributed by atoms with Crippen LogP contribution in [0.3, 0.4) is 0 Å². The van der Waals surface area contributed by atoms with E-state index in [1.807, 2.05) is 0 Å². The van der Waals surface area contributed by atoms with Gasteiger partial charge in [-0.2, -0.15) is 4.31 Å². The summed E-state index contributed by atoms with van der Waals surface area (Å²) >= 11 is 0. The minimum atomic E-state index is -3.60. The number of nitrogens with zero attached hydrogens (tertiary/aromatic N) is 1. The molecule has 0 radical (unpaired) electrons. The smallest absolute Gasteiger partial charge is 0.211 e. The molecule has 0 heterocycles. The number of anilines is 2. The van der Waals surface area contributed by atoms with Crippen molar-refractivity contribution < 1.29 is 36.6 Å². The lowest BCUT2D eigenvalue weighted by Crippen LogP contribution is -2.39. The highest BCUT2D eigenvalue weighted by Crippen LogP contribution is 2.36. The number of ketones is 2. The van der Waals surface area contributed by atoms with Gasteiger partial charge in [0.15, 0.2) is 11.6 Å². The lowest BCUT2D eigenvalue weighted by Gasteiger charge is -2.26. The van der Waals surface area contributed by atoms with E-state index in [1.165, 1.54) is 24.3 Å². The first-order chi connectivity index (χ1) is 19.8. The summed E-state index contributed by atoms with van der Waals surface area (Å²) in [5.41, 5.74) is 1.04. The van der Waals surface area contributed by atoms with Crippen molar-refractivity contribution in [2.45, 2.75) is 18.6 Å². The number of aliphatic hydroxyl groups excluding tert-OH is 2. The van der Waals surface area contributed by atoms with Crippen LogP contribution in [0.25, 0.3) is 0 Å². The molecule has 42 heavy (non-hydrogen) atoms. The summed E-state index contributed by atoms with van der Waals surface area (Å²) in [5, 5.41) is 26.9. The highest BCUT2D eigenvalue weighted by molar-refractivity contribution is 7.89. The van der Waals surface area contributed by atoms with Crippen LogP contribution in [0.2, 0.25) is 0 Å². The molecule has 2 aromatic rings. The number of allylic oxidation sites excluding steroid dienone is 1. The highest BCUT2D eigenvalue weighted by Gasteiger charge is 2.34. The minimum absolute atomic E-state index is 0.0115. The number of hydrogen-bond donors (Lipinski definition) is 5. The van der Waals surface area contributed by atoms with Crippen LogP contribution < -0.4 is 15.4 Å². The molecule has 1 aliphatic carbocycles. The van der Waals surface area contributed by atoms with Gasteiger partial charge in [-0.3, -0.25) is 9.59 Å². The van der Waals surface area contributed by atoms with Gasteiger partial charge >= 0.3 is 0 Å². The first-order valence-electron chi connectivity index (χ1n) is 13.1. The van der Waals surface area contributed by atoms with E-state index < -0.39 is 43.8 Å². The normalized spacial score (nSPS) is 14.6. The van der Waals surface area contributed by atoms with Crippen LogP contribution in [0.5, 0.6) is 0 Å². The van der Waals surface area contributed by atoms with E-state index in [0.717, 1.165) is 10.6 Å². The third kappa shape index (κ3) is 8.33. The van der Waals surface area contributed by atoms with E-state index in [-0.39, 0.29) is 78.5 Å². The molecule has 0 amide bonds. The number of aliphatic hydroxyl groups is 2. The first-order valence-corrected chi connectivity index (χ1v) is 16.6. The van der Waals surface area contributed by atoms with Gasteiger partial charge in [0, 0.05) is 55.2 Å². The van der Waals surface area contributed by atoms with Gasteiger partial charge in [-0.1, -0.05) is 36.4 Å².